The van der Waals surface area contributed by atoms with Crippen molar-refractivity contribution in [3.63, 3.8) is 0 Å². The van der Waals surface area contributed by atoms with Gasteiger partial charge in [0.25, 0.3) is 5.56 Å². The highest BCUT2D eigenvalue weighted by Gasteiger charge is 2.16. The lowest BCUT2D eigenvalue weighted by molar-refractivity contribution is -0.122. The highest BCUT2D eigenvalue weighted by Crippen LogP contribution is 2.17. The number of amides is 1. The monoisotopic (exact) mass is 287 g/mol. The van der Waals surface area contributed by atoms with E-state index in [4.69, 9.17) is 0 Å². The maximum atomic E-state index is 12.4. The van der Waals surface area contributed by atoms with Gasteiger partial charge in [0, 0.05) is 30.9 Å². The minimum absolute atomic E-state index is 0.0717. The van der Waals surface area contributed by atoms with Gasteiger partial charge in [0.15, 0.2) is 0 Å². The molecule has 0 atom stereocenters. The Bertz CT molecular complexity index is 708. The van der Waals surface area contributed by atoms with Crippen LogP contribution in [0.1, 0.15) is 32.1 Å². The van der Waals surface area contributed by atoms with Gasteiger partial charge in [0.05, 0.1) is 0 Å². The summed E-state index contributed by atoms with van der Waals surface area (Å²) in [6.07, 6.45) is 9.29. The van der Waals surface area contributed by atoms with Gasteiger partial charge in [0.1, 0.15) is 12.1 Å². The van der Waals surface area contributed by atoms with Crippen LogP contribution in [0.25, 0.3) is 10.9 Å². The second-order valence-corrected chi connectivity index (χ2v) is 5.88. The predicted molar refractivity (Wildman–Crippen MR) is 82.2 cm³/mol. The average Bonchev–Trinajstić information content (AvgIpc) is 2.85. The summed E-state index contributed by atoms with van der Waals surface area (Å²) < 4.78 is 3.29. The van der Waals surface area contributed by atoms with E-state index in [2.05, 4.69) is 5.32 Å². The molecule has 21 heavy (non-hydrogen) atoms. The van der Waals surface area contributed by atoms with Gasteiger partial charge in [-0.1, -0.05) is 19.3 Å². The number of carbonyl (C=O) groups excluding carboxylic acids is 1. The van der Waals surface area contributed by atoms with Gasteiger partial charge in [-0.15, -0.1) is 0 Å². The van der Waals surface area contributed by atoms with Crippen molar-refractivity contribution in [3.8, 4) is 0 Å². The second kappa shape index (κ2) is 5.76. The Morgan fingerprint density at radius 2 is 1.95 bits per heavy atom. The van der Waals surface area contributed by atoms with Crippen LogP contribution in [0.15, 0.2) is 29.3 Å². The fraction of sp³-hybridized carbons (Fsp3) is 0.500. The lowest BCUT2D eigenvalue weighted by Crippen LogP contribution is -2.39. The van der Waals surface area contributed by atoms with Gasteiger partial charge in [-0.3, -0.25) is 9.59 Å². The van der Waals surface area contributed by atoms with Crippen LogP contribution < -0.4 is 10.9 Å². The van der Waals surface area contributed by atoms with E-state index in [0.717, 1.165) is 18.2 Å². The Morgan fingerprint density at radius 3 is 2.71 bits per heavy atom. The molecule has 0 unspecified atom stereocenters. The van der Waals surface area contributed by atoms with Gasteiger partial charge in [-0.05, 0) is 25.0 Å². The Hall–Kier alpha value is -2.04. The molecule has 2 aromatic heterocycles. The fourth-order valence-corrected chi connectivity index (χ4v) is 3.13. The number of hydrogen-bond donors (Lipinski definition) is 1. The van der Waals surface area contributed by atoms with Gasteiger partial charge in [-0.25, -0.2) is 0 Å². The molecule has 1 aliphatic rings. The molecule has 0 radical (unpaired) electrons. The molecule has 2 aromatic rings. The van der Waals surface area contributed by atoms with Crippen molar-refractivity contribution in [1.82, 2.24) is 14.5 Å². The molecule has 0 spiro atoms. The molecule has 1 N–H and O–H groups in total. The van der Waals surface area contributed by atoms with Gasteiger partial charge < -0.3 is 14.5 Å². The molecule has 1 saturated carbocycles. The molecule has 0 saturated heterocycles. The summed E-state index contributed by atoms with van der Waals surface area (Å²) in [6.45, 7) is 0.0937. The lowest BCUT2D eigenvalue weighted by Gasteiger charge is -2.22. The van der Waals surface area contributed by atoms with E-state index in [1.807, 2.05) is 25.4 Å². The van der Waals surface area contributed by atoms with Crippen LogP contribution in [-0.2, 0) is 18.4 Å². The van der Waals surface area contributed by atoms with Crippen LogP contribution in [0.5, 0.6) is 0 Å². The molecular formula is C16H21N3O2. The van der Waals surface area contributed by atoms with E-state index in [-0.39, 0.29) is 24.1 Å². The second-order valence-electron chi connectivity index (χ2n) is 5.88. The lowest BCUT2D eigenvalue weighted by atomic mass is 9.95. The number of aryl methyl sites for hydroxylation is 1. The van der Waals surface area contributed by atoms with Crippen LogP contribution in [0.3, 0.4) is 0 Å². The van der Waals surface area contributed by atoms with Crippen LogP contribution in [-0.4, -0.2) is 21.1 Å². The fourth-order valence-electron chi connectivity index (χ4n) is 3.13. The summed E-state index contributed by atoms with van der Waals surface area (Å²) in [5.74, 6) is -0.0717. The first-order valence-corrected chi connectivity index (χ1v) is 7.59. The van der Waals surface area contributed by atoms with E-state index in [1.165, 1.54) is 23.8 Å². The Balaban J connectivity index is 1.75. The molecule has 0 aromatic carbocycles. The summed E-state index contributed by atoms with van der Waals surface area (Å²) in [4.78, 5) is 24.5. The molecule has 2 heterocycles. The average molecular weight is 287 g/mol. The molecule has 112 valence electrons. The van der Waals surface area contributed by atoms with Crippen LogP contribution in [0.4, 0.5) is 0 Å². The van der Waals surface area contributed by atoms with Gasteiger partial charge in [-0.2, -0.15) is 0 Å². The first-order chi connectivity index (χ1) is 10.1. The number of carbonyl (C=O) groups is 1. The minimum Gasteiger partial charge on any atom is -0.352 e. The Labute approximate surface area is 123 Å². The van der Waals surface area contributed by atoms with Gasteiger partial charge in [0.2, 0.25) is 5.91 Å². The van der Waals surface area contributed by atoms with Crippen molar-refractivity contribution in [1.29, 1.82) is 0 Å². The first kappa shape index (κ1) is 13.9. The third-order valence-corrected chi connectivity index (χ3v) is 4.29. The number of nitrogens with zero attached hydrogens (tertiary/aromatic N) is 2. The van der Waals surface area contributed by atoms with Crippen LogP contribution in [0.2, 0.25) is 0 Å². The van der Waals surface area contributed by atoms with Crippen molar-refractivity contribution in [2.75, 3.05) is 0 Å². The SMILES string of the molecule is Cn1ccc2ccn(CC(=O)NC3CCCCC3)c(=O)c21. The van der Waals surface area contributed by atoms with Crippen LogP contribution >= 0.6 is 0 Å². The van der Waals surface area contributed by atoms with Crippen LogP contribution in [0, 0.1) is 0 Å². The van der Waals surface area contributed by atoms with E-state index in [1.54, 1.807) is 10.8 Å². The van der Waals surface area contributed by atoms with Crippen molar-refractivity contribution in [2.45, 2.75) is 44.7 Å². The minimum atomic E-state index is -0.112. The number of fused-ring (bicyclic) bond motifs is 1. The summed E-state index contributed by atoms with van der Waals surface area (Å²) in [5, 5.41) is 3.95. The van der Waals surface area contributed by atoms with E-state index < -0.39 is 0 Å². The summed E-state index contributed by atoms with van der Waals surface area (Å²) in [7, 11) is 1.84. The van der Waals surface area contributed by atoms with E-state index >= 15 is 0 Å². The quantitative estimate of drug-likeness (QED) is 0.935. The molecule has 1 fully saturated rings. The van der Waals surface area contributed by atoms with Crippen molar-refractivity contribution < 1.29 is 4.79 Å². The number of pyridine rings is 1. The number of hydrogen-bond acceptors (Lipinski definition) is 2. The molecule has 5 nitrogen and oxygen atoms in total. The largest absolute Gasteiger partial charge is 0.352 e. The molecule has 0 aliphatic heterocycles. The molecular weight excluding hydrogens is 266 g/mol. The van der Waals surface area contributed by atoms with E-state index in [9.17, 15) is 9.59 Å². The zero-order chi connectivity index (χ0) is 14.8. The van der Waals surface area contributed by atoms with Gasteiger partial charge >= 0.3 is 0 Å². The maximum Gasteiger partial charge on any atom is 0.275 e. The van der Waals surface area contributed by atoms with Crippen molar-refractivity contribution in [2.24, 2.45) is 7.05 Å². The number of aromatic nitrogens is 2. The number of rotatable bonds is 3. The maximum absolute atomic E-state index is 12.4. The highest BCUT2D eigenvalue weighted by molar-refractivity contribution is 5.80. The third kappa shape index (κ3) is 2.86. The van der Waals surface area contributed by atoms with Crippen molar-refractivity contribution >= 4 is 16.8 Å². The molecule has 5 heteroatoms. The predicted octanol–water partition coefficient (Wildman–Crippen LogP) is 1.79. The summed E-state index contributed by atoms with van der Waals surface area (Å²) in [5.41, 5.74) is 0.529. The zero-order valence-corrected chi connectivity index (χ0v) is 12.3. The smallest absolute Gasteiger partial charge is 0.275 e. The number of nitrogens with one attached hydrogen (secondary N) is 1. The first-order valence-electron chi connectivity index (χ1n) is 7.59. The zero-order valence-electron chi connectivity index (χ0n) is 12.3. The normalized spacial score (nSPS) is 16.2. The van der Waals surface area contributed by atoms with E-state index in [0.29, 0.717) is 5.52 Å². The highest BCUT2D eigenvalue weighted by atomic mass is 16.2. The topological polar surface area (TPSA) is 56.0 Å². The summed E-state index contributed by atoms with van der Waals surface area (Å²) in [6, 6.07) is 4.06. The molecule has 1 aliphatic carbocycles. The Morgan fingerprint density at radius 1 is 1.24 bits per heavy atom. The van der Waals surface area contributed by atoms with Crippen molar-refractivity contribution in [3.05, 3.63) is 34.9 Å². The third-order valence-electron chi connectivity index (χ3n) is 4.29. The summed E-state index contributed by atoms with van der Waals surface area (Å²) >= 11 is 0. The molecule has 0 bridgehead atoms. The molecule has 1 amide bonds. The Kier molecular flexibility index (Phi) is 3.82. The standard InChI is InChI=1S/C16H21N3O2/c1-18-9-7-12-8-10-19(16(21)15(12)18)11-14(20)17-13-5-3-2-4-6-13/h7-10,13H,2-6,11H2,1H3,(H,17,20). The molecule has 3 rings (SSSR count).